The number of para-hydroxylation sites is 1. The zero-order valence-corrected chi connectivity index (χ0v) is 9.61. The Labute approximate surface area is 96.1 Å². The van der Waals surface area contributed by atoms with Crippen molar-refractivity contribution in [2.45, 2.75) is 6.04 Å². The van der Waals surface area contributed by atoms with Gasteiger partial charge in [0.25, 0.3) is 0 Å². The van der Waals surface area contributed by atoms with E-state index in [-0.39, 0.29) is 12.1 Å². The van der Waals surface area contributed by atoms with Crippen molar-refractivity contribution in [3.8, 4) is 0 Å². The SMILES string of the molecule is NCC1COC(=O)N1c1ccccc1Br. The number of amides is 1. The highest BCUT2D eigenvalue weighted by atomic mass is 79.9. The van der Waals surface area contributed by atoms with E-state index in [9.17, 15) is 4.79 Å². The maximum absolute atomic E-state index is 11.5. The van der Waals surface area contributed by atoms with Crippen molar-refractivity contribution in [2.24, 2.45) is 5.73 Å². The summed E-state index contributed by atoms with van der Waals surface area (Å²) in [5.74, 6) is 0. The molecule has 0 radical (unpaired) electrons. The van der Waals surface area contributed by atoms with Crippen LogP contribution >= 0.6 is 15.9 Å². The Kier molecular flexibility index (Phi) is 2.93. The van der Waals surface area contributed by atoms with Crippen molar-refractivity contribution >= 4 is 27.7 Å². The molecule has 1 fully saturated rings. The molecule has 1 aromatic carbocycles. The molecule has 1 heterocycles. The van der Waals surface area contributed by atoms with Gasteiger partial charge in [0, 0.05) is 11.0 Å². The first-order valence-corrected chi connectivity index (χ1v) is 5.44. The molecule has 1 aliphatic heterocycles. The molecule has 1 amide bonds. The number of rotatable bonds is 2. The van der Waals surface area contributed by atoms with E-state index in [4.69, 9.17) is 10.5 Å². The predicted molar refractivity (Wildman–Crippen MR) is 60.8 cm³/mol. The third-order valence-corrected chi connectivity index (χ3v) is 3.02. The van der Waals surface area contributed by atoms with E-state index in [1.54, 1.807) is 4.90 Å². The Morgan fingerprint density at radius 2 is 2.27 bits per heavy atom. The van der Waals surface area contributed by atoms with Crippen LogP contribution < -0.4 is 10.6 Å². The number of nitrogens with zero attached hydrogens (tertiary/aromatic N) is 1. The predicted octanol–water partition coefficient (Wildman–Crippen LogP) is 1.73. The van der Waals surface area contributed by atoms with E-state index < -0.39 is 0 Å². The molecule has 1 aromatic rings. The van der Waals surface area contributed by atoms with Crippen molar-refractivity contribution in [3.63, 3.8) is 0 Å². The number of carbonyl (C=O) groups excluding carboxylic acids is 1. The Hall–Kier alpha value is -1.07. The number of halogens is 1. The van der Waals surface area contributed by atoms with Gasteiger partial charge in [0.15, 0.2) is 0 Å². The topological polar surface area (TPSA) is 55.6 Å². The number of nitrogens with two attached hydrogens (primary N) is 1. The molecular formula is C10H11BrN2O2. The Morgan fingerprint density at radius 1 is 1.53 bits per heavy atom. The van der Waals surface area contributed by atoms with Gasteiger partial charge in [0.05, 0.1) is 11.7 Å². The molecule has 0 aliphatic carbocycles. The Bertz CT molecular complexity index is 383. The van der Waals surface area contributed by atoms with E-state index in [0.717, 1.165) is 10.2 Å². The van der Waals surface area contributed by atoms with E-state index in [2.05, 4.69) is 15.9 Å². The zero-order chi connectivity index (χ0) is 10.8. The van der Waals surface area contributed by atoms with Gasteiger partial charge in [-0.2, -0.15) is 0 Å². The molecule has 80 valence electrons. The van der Waals surface area contributed by atoms with Crippen LogP contribution in [-0.4, -0.2) is 25.3 Å². The third-order valence-electron chi connectivity index (χ3n) is 2.35. The van der Waals surface area contributed by atoms with Crippen LogP contribution in [0.25, 0.3) is 0 Å². The fraction of sp³-hybridized carbons (Fsp3) is 0.300. The van der Waals surface area contributed by atoms with Crippen molar-refractivity contribution in [1.29, 1.82) is 0 Å². The number of hydrogen-bond donors (Lipinski definition) is 1. The van der Waals surface area contributed by atoms with Gasteiger partial charge in [-0.3, -0.25) is 4.90 Å². The van der Waals surface area contributed by atoms with Crippen LogP contribution in [0.15, 0.2) is 28.7 Å². The molecule has 1 saturated heterocycles. The molecule has 0 saturated carbocycles. The maximum Gasteiger partial charge on any atom is 0.414 e. The average Bonchev–Trinajstić information content (AvgIpc) is 2.60. The van der Waals surface area contributed by atoms with Gasteiger partial charge < -0.3 is 10.5 Å². The lowest BCUT2D eigenvalue weighted by Crippen LogP contribution is -2.39. The number of carbonyl (C=O) groups is 1. The second kappa shape index (κ2) is 4.20. The summed E-state index contributed by atoms with van der Waals surface area (Å²) in [5, 5.41) is 0. The third kappa shape index (κ3) is 1.85. The van der Waals surface area contributed by atoms with E-state index >= 15 is 0 Å². The van der Waals surface area contributed by atoms with Gasteiger partial charge in [-0.15, -0.1) is 0 Å². The molecule has 2 rings (SSSR count). The summed E-state index contributed by atoms with van der Waals surface area (Å²) in [6.07, 6.45) is -0.336. The highest BCUT2D eigenvalue weighted by Gasteiger charge is 2.33. The lowest BCUT2D eigenvalue weighted by Gasteiger charge is -2.20. The van der Waals surface area contributed by atoms with Crippen LogP contribution in [0, 0.1) is 0 Å². The second-order valence-electron chi connectivity index (χ2n) is 3.29. The van der Waals surface area contributed by atoms with Crippen molar-refractivity contribution in [2.75, 3.05) is 18.1 Å². The fourth-order valence-electron chi connectivity index (χ4n) is 1.58. The Morgan fingerprint density at radius 3 is 2.93 bits per heavy atom. The molecule has 0 spiro atoms. The minimum Gasteiger partial charge on any atom is -0.447 e. The van der Waals surface area contributed by atoms with E-state index in [1.807, 2.05) is 24.3 Å². The highest BCUT2D eigenvalue weighted by molar-refractivity contribution is 9.10. The average molecular weight is 271 g/mol. The molecule has 4 nitrogen and oxygen atoms in total. The zero-order valence-electron chi connectivity index (χ0n) is 8.02. The normalized spacial score (nSPS) is 20.5. The lowest BCUT2D eigenvalue weighted by molar-refractivity contribution is 0.179. The molecule has 0 bridgehead atoms. The van der Waals surface area contributed by atoms with Crippen molar-refractivity contribution in [3.05, 3.63) is 28.7 Å². The number of anilines is 1. The summed E-state index contributed by atoms with van der Waals surface area (Å²) in [7, 11) is 0. The van der Waals surface area contributed by atoms with Crippen LogP contribution in [-0.2, 0) is 4.74 Å². The van der Waals surface area contributed by atoms with E-state index in [1.165, 1.54) is 0 Å². The number of ether oxygens (including phenoxy) is 1. The quantitative estimate of drug-likeness (QED) is 0.891. The number of benzene rings is 1. The molecule has 2 N–H and O–H groups in total. The minimum absolute atomic E-state index is 0.0730. The first kappa shape index (κ1) is 10.4. The van der Waals surface area contributed by atoms with Crippen molar-refractivity contribution in [1.82, 2.24) is 0 Å². The first-order chi connectivity index (χ1) is 7.24. The summed E-state index contributed by atoms with van der Waals surface area (Å²) in [5.41, 5.74) is 6.39. The molecule has 1 aliphatic rings. The smallest absolute Gasteiger partial charge is 0.414 e. The largest absolute Gasteiger partial charge is 0.447 e. The van der Waals surface area contributed by atoms with Gasteiger partial charge in [0.1, 0.15) is 6.61 Å². The molecule has 15 heavy (non-hydrogen) atoms. The van der Waals surface area contributed by atoms with Crippen LogP contribution in [0.4, 0.5) is 10.5 Å². The first-order valence-electron chi connectivity index (χ1n) is 4.64. The van der Waals surface area contributed by atoms with Crippen LogP contribution in [0.3, 0.4) is 0 Å². The number of cyclic esters (lactones) is 1. The summed E-state index contributed by atoms with van der Waals surface area (Å²) in [6.45, 7) is 0.754. The molecular weight excluding hydrogens is 260 g/mol. The maximum atomic E-state index is 11.5. The van der Waals surface area contributed by atoms with Crippen molar-refractivity contribution < 1.29 is 9.53 Å². The van der Waals surface area contributed by atoms with Crippen LogP contribution in [0.5, 0.6) is 0 Å². The van der Waals surface area contributed by atoms with Gasteiger partial charge in [-0.05, 0) is 28.1 Å². The van der Waals surface area contributed by atoms with Gasteiger partial charge in [-0.1, -0.05) is 12.1 Å². The van der Waals surface area contributed by atoms with Crippen LogP contribution in [0.2, 0.25) is 0 Å². The fourth-order valence-corrected chi connectivity index (χ4v) is 2.05. The second-order valence-corrected chi connectivity index (χ2v) is 4.14. The molecule has 1 atom stereocenters. The molecule has 1 unspecified atom stereocenters. The van der Waals surface area contributed by atoms with Gasteiger partial charge in [-0.25, -0.2) is 4.79 Å². The summed E-state index contributed by atoms with van der Waals surface area (Å²) >= 11 is 3.40. The summed E-state index contributed by atoms with van der Waals surface area (Å²) in [4.78, 5) is 13.1. The van der Waals surface area contributed by atoms with Gasteiger partial charge in [0.2, 0.25) is 0 Å². The monoisotopic (exact) mass is 270 g/mol. The Balaban J connectivity index is 2.36. The van der Waals surface area contributed by atoms with Gasteiger partial charge >= 0.3 is 6.09 Å². The van der Waals surface area contributed by atoms with Crippen LogP contribution in [0.1, 0.15) is 0 Å². The lowest BCUT2D eigenvalue weighted by atomic mass is 10.2. The minimum atomic E-state index is -0.336. The standard InChI is InChI=1S/C10H11BrN2O2/c11-8-3-1-2-4-9(8)13-7(5-12)6-15-10(13)14/h1-4,7H,5-6,12H2. The molecule has 0 aromatic heterocycles. The van der Waals surface area contributed by atoms with E-state index in [0.29, 0.717) is 13.2 Å². The summed E-state index contributed by atoms with van der Waals surface area (Å²) in [6, 6.07) is 7.44. The summed E-state index contributed by atoms with van der Waals surface area (Å²) < 4.78 is 5.83. The highest BCUT2D eigenvalue weighted by Crippen LogP contribution is 2.30. The number of hydrogen-bond acceptors (Lipinski definition) is 3. The molecule has 5 heteroatoms.